The molecule has 1 amide bonds. The number of rotatable bonds is 8. The molecule has 2 N–H and O–H groups in total. The summed E-state index contributed by atoms with van der Waals surface area (Å²) in [7, 11) is 0. The minimum atomic E-state index is -0.855. The van der Waals surface area contributed by atoms with Gasteiger partial charge in [0.15, 0.2) is 0 Å². The summed E-state index contributed by atoms with van der Waals surface area (Å²) < 4.78 is 17.3. The summed E-state index contributed by atoms with van der Waals surface area (Å²) in [6, 6.07) is 6.78. The van der Waals surface area contributed by atoms with Crippen molar-refractivity contribution in [2.45, 2.75) is 44.9 Å². The lowest BCUT2D eigenvalue weighted by molar-refractivity contribution is -0.140. The third-order valence-electron chi connectivity index (χ3n) is 4.44. The first-order valence-electron chi connectivity index (χ1n) is 8.33. The molecule has 1 aliphatic rings. The number of ether oxygens (including phenoxy) is 1. The first kappa shape index (κ1) is 18.2. The molecule has 0 unspecified atom stereocenters. The van der Waals surface area contributed by atoms with E-state index in [1.54, 1.807) is 24.3 Å². The molecule has 0 bridgehead atoms. The van der Waals surface area contributed by atoms with Gasteiger partial charge in [0.1, 0.15) is 19.0 Å². The molecule has 1 aromatic carbocycles. The minimum absolute atomic E-state index is 0.0278. The lowest BCUT2D eigenvalue weighted by Gasteiger charge is -2.35. The van der Waals surface area contributed by atoms with Crippen LogP contribution in [-0.4, -0.2) is 30.3 Å². The largest absolute Gasteiger partial charge is 0.491 e. The van der Waals surface area contributed by atoms with Gasteiger partial charge in [-0.15, -0.1) is 0 Å². The second-order valence-corrected chi connectivity index (χ2v) is 6.42. The zero-order valence-corrected chi connectivity index (χ0v) is 13.7. The van der Waals surface area contributed by atoms with Crippen molar-refractivity contribution in [3.63, 3.8) is 0 Å². The Morgan fingerprint density at radius 2 is 1.96 bits per heavy atom. The lowest BCUT2D eigenvalue weighted by atomic mass is 9.69. The number of carboxylic acid groups (broad SMARTS) is 1. The number of aliphatic carboxylic acids is 1. The maximum absolute atomic E-state index is 12.4. The summed E-state index contributed by atoms with van der Waals surface area (Å²) >= 11 is 0. The van der Waals surface area contributed by atoms with E-state index in [4.69, 9.17) is 4.74 Å². The van der Waals surface area contributed by atoms with Crippen molar-refractivity contribution < 1.29 is 23.8 Å². The Morgan fingerprint density at radius 1 is 1.21 bits per heavy atom. The van der Waals surface area contributed by atoms with Gasteiger partial charge in [-0.3, -0.25) is 9.59 Å². The Morgan fingerprint density at radius 3 is 2.62 bits per heavy atom. The fourth-order valence-electron chi connectivity index (χ4n) is 3.40. The van der Waals surface area contributed by atoms with Gasteiger partial charge in [-0.05, 0) is 30.4 Å². The minimum Gasteiger partial charge on any atom is -0.491 e. The van der Waals surface area contributed by atoms with Crippen LogP contribution in [0.4, 0.5) is 10.1 Å². The monoisotopic (exact) mass is 337 g/mol. The van der Waals surface area contributed by atoms with Crippen molar-refractivity contribution in [1.82, 2.24) is 0 Å². The maximum Gasteiger partial charge on any atom is 0.303 e. The topological polar surface area (TPSA) is 75.6 Å². The number of hydrogen-bond acceptors (Lipinski definition) is 3. The van der Waals surface area contributed by atoms with E-state index in [1.165, 1.54) is 0 Å². The van der Waals surface area contributed by atoms with Gasteiger partial charge in [-0.1, -0.05) is 25.3 Å². The molecule has 0 heterocycles. The zero-order chi connectivity index (χ0) is 17.4. The lowest BCUT2D eigenvalue weighted by Crippen LogP contribution is -2.32. The van der Waals surface area contributed by atoms with Crippen LogP contribution in [0.15, 0.2) is 24.3 Å². The number of anilines is 1. The van der Waals surface area contributed by atoms with Crippen molar-refractivity contribution in [3.8, 4) is 5.75 Å². The predicted molar refractivity (Wildman–Crippen MR) is 88.9 cm³/mol. The normalized spacial score (nSPS) is 16.4. The summed E-state index contributed by atoms with van der Waals surface area (Å²) in [5, 5.41) is 12.0. The average Bonchev–Trinajstić information content (AvgIpc) is 2.53. The highest BCUT2D eigenvalue weighted by Gasteiger charge is 2.36. The van der Waals surface area contributed by atoms with E-state index in [1.807, 2.05) is 0 Å². The van der Waals surface area contributed by atoms with E-state index in [0.29, 0.717) is 11.4 Å². The summed E-state index contributed by atoms with van der Waals surface area (Å²) in [4.78, 5) is 23.6. The van der Waals surface area contributed by atoms with Crippen LogP contribution >= 0.6 is 0 Å². The number of carboxylic acids is 1. The Labute approximate surface area is 141 Å². The SMILES string of the molecule is O=C(O)CC1(CC(=O)Nc2cccc(OCCF)c2)CCCCC1. The maximum atomic E-state index is 12.4. The van der Waals surface area contributed by atoms with Gasteiger partial charge in [0.25, 0.3) is 0 Å². The first-order valence-corrected chi connectivity index (χ1v) is 8.33. The van der Waals surface area contributed by atoms with Gasteiger partial charge in [-0.25, -0.2) is 4.39 Å². The van der Waals surface area contributed by atoms with E-state index < -0.39 is 18.1 Å². The number of benzene rings is 1. The second-order valence-electron chi connectivity index (χ2n) is 6.42. The molecule has 0 radical (unpaired) electrons. The third kappa shape index (κ3) is 5.51. The highest BCUT2D eigenvalue weighted by Crippen LogP contribution is 2.42. The molecule has 0 spiro atoms. The Balaban J connectivity index is 1.99. The van der Waals surface area contributed by atoms with Crippen LogP contribution in [0.25, 0.3) is 0 Å². The molecule has 1 fully saturated rings. The predicted octanol–water partition coefficient (Wildman–Crippen LogP) is 3.79. The van der Waals surface area contributed by atoms with E-state index in [2.05, 4.69) is 5.32 Å². The molecule has 0 atom stereocenters. The molecule has 1 aliphatic carbocycles. The van der Waals surface area contributed by atoms with Crippen LogP contribution in [0.3, 0.4) is 0 Å². The van der Waals surface area contributed by atoms with Gasteiger partial charge >= 0.3 is 5.97 Å². The molecule has 0 aliphatic heterocycles. The molecule has 6 heteroatoms. The number of hydrogen-bond donors (Lipinski definition) is 2. The van der Waals surface area contributed by atoms with Crippen LogP contribution in [0, 0.1) is 5.41 Å². The first-order chi connectivity index (χ1) is 11.5. The van der Waals surface area contributed by atoms with E-state index in [0.717, 1.165) is 32.1 Å². The molecule has 5 nitrogen and oxygen atoms in total. The highest BCUT2D eigenvalue weighted by molar-refractivity contribution is 5.91. The highest BCUT2D eigenvalue weighted by atomic mass is 19.1. The fraction of sp³-hybridized carbons (Fsp3) is 0.556. The molecule has 24 heavy (non-hydrogen) atoms. The Bertz CT molecular complexity index is 570. The number of halogens is 1. The van der Waals surface area contributed by atoms with Crippen molar-refractivity contribution in [2.75, 3.05) is 18.6 Å². The summed E-state index contributed by atoms with van der Waals surface area (Å²) in [6.45, 7) is -0.604. The van der Waals surface area contributed by atoms with Gasteiger partial charge in [0.2, 0.25) is 5.91 Å². The van der Waals surface area contributed by atoms with Gasteiger partial charge in [0.05, 0.1) is 6.42 Å². The smallest absolute Gasteiger partial charge is 0.303 e. The fourth-order valence-corrected chi connectivity index (χ4v) is 3.40. The average molecular weight is 337 g/mol. The molecule has 1 aromatic rings. The van der Waals surface area contributed by atoms with Crippen molar-refractivity contribution >= 4 is 17.6 Å². The van der Waals surface area contributed by atoms with E-state index >= 15 is 0 Å². The van der Waals surface area contributed by atoms with Gasteiger partial charge < -0.3 is 15.2 Å². The van der Waals surface area contributed by atoms with Crippen LogP contribution < -0.4 is 10.1 Å². The molecule has 0 saturated heterocycles. The third-order valence-corrected chi connectivity index (χ3v) is 4.44. The molecule has 132 valence electrons. The van der Waals surface area contributed by atoms with Crippen molar-refractivity contribution in [2.24, 2.45) is 5.41 Å². The number of amides is 1. The molecular formula is C18H24FNO4. The van der Waals surface area contributed by atoms with E-state index in [-0.39, 0.29) is 25.4 Å². The second kappa shape index (κ2) is 8.66. The standard InChI is InChI=1S/C18H24FNO4/c19-9-10-24-15-6-4-5-14(11-15)20-16(21)12-18(13-17(22)23)7-2-1-3-8-18/h4-6,11H,1-3,7-10,12-13H2,(H,20,21)(H,22,23). The van der Waals surface area contributed by atoms with Gasteiger partial charge in [-0.2, -0.15) is 0 Å². The Hall–Kier alpha value is -2.11. The summed E-state index contributed by atoms with van der Waals surface area (Å²) in [6.07, 6.45) is 4.80. The van der Waals surface area contributed by atoms with Crippen LogP contribution in [0.2, 0.25) is 0 Å². The van der Waals surface area contributed by atoms with E-state index in [9.17, 15) is 19.1 Å². The molecule has 0 aromatic heterocycles. The van der Waals surface area contributed by atoms with Crippen LogP contribution in [0.5, 0.6) is 5.75 Å². The molecule has 1 saturated carbocycles. The molecule has 2 rings (SSSR count). The van der Waals surface area contributed by atoms with Gasteiger partial charge in [0, 0.05) is 18.2 Å². The summed E-state index contributed by atoms with van der Waals surface area (Å²) in [5.74, 6) is -0.560. The number of carbonyl (C=O) groups is 2. The quantitative estimate of drug-likeness (QED) is 0.757. The Kier molecular flexibility index (Phi) is 6.58. The molecular weight excluding hydrogens is 313 g/mol. The summed E-state index contributed by atoms with van der Waals surface area (Å²) in [5.41, 5.74) is 0.119. The number of alkyl halides is 1. The number of nitrogens with one attached hydrogen (secondary N) is 1. The van der Waals surface area contributed by atoms with Crippen molar-refractivity contribution in [1.29, 1.82) is 0 Å². The zero-order valence-electron chi connectivity index (χ0n) is 13.7. The van der Waals surface area contributed by atoms with Crippen LogP contribution in [0.1, 0.15) is 44.9 Å². The van der Waals surface area contributed by atoms with Crippen LogP contribution in [-0.2, 0) is 9.59 Å². The van der Waals surface area contributed by atoms with Crippen molar-refractivity contribution in [3.05, 3.63) is 24.3 Å². The number of carbonyl (C=O) groups excluding carboxylic acids is 1.